The van der Waals surface area contributed by atoms with E-state index in [2.05, 4.69) is 0 Å². The Balaban J connectivity index is 1.87. The third-order valence-electron chi connectivity index (χ3n) is 4.38. The number of anilines is 1. The number of carbonyl (C=O) groups excluding carboxylic acids is 1. The Bertz CT molecular complexity index is 885. The average Bonchev–Trinajstić information content (AvgIpc) is 3.20. The van der Waals surface area contributed by atoms with Crippen molar-refractivity contribution in [2.75, 3.05) is 19.1 Å². The first-order valence-electron chi connectivity index (χ1n) is 8.71. The van der Waals surface area contributed by atoms with Gasteiger partial charge in [-0.25, -0.2) is 0 Å². The average molecular weight is 365 g/mol. The van der Waals surface area contributed by atoms with Gasteiger partial charge in [0.2, 0.25) is 5.91 Å². The minimum absolute atomic E-state index is 0.0429. The van der Waals surface area contributed by atoms with Crippen LogP contribution in [0.2, 0.25) is 0 Å². The van der Waals surface area contributed by atoms with E-state index in [9.17, 15) is 4.79 Å². The van der Waals surface area contributed by atoms with Crippen molar-refractivity contribution >= 4 is 11.6 Å². The van der Waals surface area contributed by atoms with Gasteiger partial charge < -0.3 is 18.8 Å². The first-order chi connectivity index (χ1) is 13.1. The summed E-state index contributed by atoms with van der Waals surface area (Å²) >= 11 is 0. The zero-order valence-electron chi connectivity index (χ0n) is 15.8. The summed E-state index contributed by atoms with van der Waals surface area (Å²) in [7, 11) is 3.19. The molecule has 0 fully saturated rings. The highest BCUT2D eigenvalue weighted by Crippen LogP contribution is 2.27. The minimum atomic E-state index is -0.0429. The highest BCUT2D eigenvalue weighted by atomic mass is 16.5. The monoisotopic (exact) mass is 365 g/mol. The van der Waals surface area contributed by atoms with Crippen LogP contribution < -0.4 is 14.4 Å². The molecule has 5 nitrogen and oxygen atoms in total. The highest BCUT2D eigenvalue weighted by Gasteiger charge is 2.20. The molecule has 0 bridgehead atoms. The Morgan fingerprint density at radius 2 is 1.81 bits per heavy atom. The topological polar surface area (TPSA) is 51.9 Å². The number of amides is 1. The summed E-state index contributed by atoms with van der Waals surface area (Å²) in [6.45, 7) is 2.39. The molecule has 0 atom stereocenters. The molecule has 0 unspecified atom stereocenters. The van der Waals surface area contributed by atoms with E-state index in [-0.39, 0.29) is 12.3 Å². The summed E-state index contributed by atoms with van der Waals surface area (Å²) in [5.41, 5.74) is 2.77. The van der Waals surface area contributed by atoms with Crippen LogP contribution in [0.5, 0.6) is 11.5 Å². The first kappa shape index (κ1) is 18.6. The van der Waals surface area contributed by atoms with E-state index in [4.69, 9.17) is 13.9 Å². The molecule has 0 aliphatic heterocycles. The Labute approximate surface area is 159 Å². The number of rotatable bonds is 7. The lowest BCUT2D eigenvalue weighted by atomic mass is 10.1. The van der Waals surface area contributed by atoms with Gasteiger partial charge in [0.05, 0.1) is 33.4 Å². The fraction of sp³-hybridized carbons (Fsp3) is 0.227. The minimum Gasteiger partial charge on any atom is -0.497 e. The fourth-order valence-corrected chi connectivity index (χ4v) is 2.86. The second-order valence-electron chi connectivity index (χ2n) is 6.25. The van der Waals surface area contributed by atoms with Gasteiger partial charge in [-0.2, -0.15) is 0 Å². The predicted octanol–water partition coefficient (Wildman–Crippen LogP) is 4.38. The molecule has 0 saturated carbocycles. The molecule has 0 aliphatic carbocycles. The van der Waals surface area contributed by atoms with Gasteiger partial charge in [-0.15, -0.1) is 0 Å². The second-order valence-corrected chi connectivity index (χ2v) is 6.25. The van der Waals surface area contributed by atoms with Gasteiger partial charge in [-0.3, -0.25) is 4.79 Å². The molecule has 1 heterocycles. The fourth-order valence-electron chi connectivity index (χ4n) is 2.86. The quantitative estimate of drug-likeness (QED) is 0.623. The van der Waals surface area contributed by atoms with Crippen LogP contribution in [-0.2, 0) is 17.8 Å². The summed E-state index contributed by atoms with van der Waals surface area (Å²) in [6.07, 6.45) is 1.82. The van der Waals surface area contributed by atoms with E-state index < -0.39 is 0 Å². The normalized spacial score (nSPS) is 10.5. The summed E-state index contributed by atoms with van der Waals surface area (Å²) in [5.74, 6) is 2.00. The third-order valence-corrected chi connectivity index (χ3v) is 4.38. The van der Waals surface area contributed by atoms with E-state index in [0.717, 1.165) is 22.6 Å². The van der Waals surface area contributed by atoms with Crippen molar-refractivity contribution in [3.05, 3.63) is 77.7 Å². The molecule has 27 heavy (non-hydrogen) atoms. The Kier molecular flexibility index (Phi) is 5.81. The molecule has 0 radical (unpaired) electrons. The van der Waals surface area contributed by atoms with Crippen molar-refractivity contribution in [3.8, 4) is 11.5 Å². The predicted molar refractivity (Wildman–Crippen MR) is 104 cm³/mol. The molecule has 3 aromatic rings. The first-order valence-corrected chi connectivity index (χ1v) is 8.71. The van der Waals surface area contributed by atoms with Gasteiger partial charge in [-0.05, 0) is 37.3 Å². The third kappa shape index (κ3) is 4.50. The van der Waals surface area contributed by atoms with Crippen LogP contribution in [0.1, 0.15) is 16.9 Å². The molecule has 0 spiro atoms. The largest absolute Gasteiger partial charge is 0.497 e. The van der Waals surface area contributed by atoms with Crippen LogP contribution in [0.15, 0.2) is 65.3 Å². The molecule has 0 aliphatic rings. The van der Waals surface area contributed by atoms with Crippen molar-refractivity contribution in [2.24, 2.45) is 0 Å². The van der Waals surface area contributed by atoms with Crippen molar-refractivity contribution in [1.82, 2.24) is 0 Å². The molecule has 2 aromatic carbocycles. The van der Waals surface area contributed by atoms with Crippen LogP contribution in [0, 0.1) is 6.92 Å². The number of furan rings is 1. The number of carbonyl (C=O) groups is 1. The SMILES string of the molecule is COc1ccc(CC(=O)N(Cc2ccco2)c2ccc(C)cc2)c(OC)c1. The number of hydrogen-bond donors (Lipinski definition) is 0. The Hall–Kier alpha value is -3.21. The van der Waals surface area contributed by atoms with E-state index in [0.29, 0.717) is 18.0 Å². The summed E-state index contributed by atoms with van der Waals surface area (Å²) in [6, 6.07) is 17.0. The maximum Gasteiger partial charge on any atom is 0.231 e. The zero-order valence-corrected chi connectivity index (χ0v) is 15.8. The summed E-state index contributed by atoms with van der Waals surface area (Å²) in [4.78, 5) is 14.9. The maximum atomic E-state index is 13.1. The summed E-state index contributed by atoms with van der Waals surface area (Å²) < 4.78 is 16.1. The van der Waals surface area contributed by atoms with Gasteiger partial charge in [0.15, 0.2) is 0 Å². The lowest BCUT2D eigenvalue weighted by Crippen LogP contribution is -2.31. The smallest absolute Gasteiger partial charge is 0.231 e. The number of aryl methyl sites for hydroxylation is 1. The lowest BCUT2D eigenvalue weighted by Gasteiger charge is -2.23. The second kappa shape index (κ2) is 8.45. The molecule has 3 rings (SSSR count). The van der Waals surface area contributed by atoms with Crippen molar-refractivity contribution in [2.45, 2.75) is 19.9 Å². The molecule has 0 N–H and O–H groups in total. The molecule has 1 amide bonds. The van der Waals surface area contributed by atoms with E-state index in [1.54, 1.807) is 31.4 Å². The molecule has 140 valence electrons. The highest BCUT2D eigenvalue weighted by molar-refractivity contribution is 5.95. The number of hydrogen-bond acceptors (Lipinski definition) is 4. The van der Waals surface area contributed by atoms with E-state index in [1.165, 1.54) is 0 Å². The van der Waals surface area contributed by atoms with E-state index >= 15 is 0 Å². The van der Waals surface area contributed by atoms with Crippen molar-refractivity contribution in [1.29, 1.82) is 0 Å². The number of nitrogens with zero attached hydrogens (tertiary/aromatic N) is 1. The number of benzene rings is 2. The number of ether oxygens (including phenoxy) is 2. The van der Waals surface area contributed by atoms with Gasteiger partial charge in [0, 0.05) is 17.3 Å². The van der Waals surface area contributed by atoms with Crippen LogP contribution in [0.4, 0.5) is 5.69 Å². The van der Waals surface area contributed by atoms with Crippen LogP contribution in [0.3, 0.4) is 0 Å². The van der Waals surface area contributed by atoms with Crippen LogP contribution in [-0.4, -0.2) is 20.1 Å². The van der Waals surface area contributed by atoms with Crippen molar-refractivity contribution in [3.63, 3.8) is 0 Å². The lowest BCUT2D eigenvalue weighted by molar-refractivity contribution is -0.118. The molecular formula is C22H23NO4. The standard InChI is InChI=1S/C22H23NO4/c1-16-6-9-18(10-7-16)23(15-20-5-4-12-27-20)22(24)13-17-8-11-19(25-2)14-21(17)26-3/h4-12,14H,13,15H2,1-3H3. The van der Waals surface area contributed by atoms with E-state index in [1.807, 2.05) is 55.5 Å². The Morgan fingerprint density at radius 3 is 2.44 bits per heavy atom. The molecule has 0 saturated heterocycles. The van der Waals surface area contributed by atoms with Gasteiger partial charge in [0.1, 0.15) is 17.3 Å². The van der Waals surface area contributed by atoms with Crippen LogP contribution in [0.25, 0.3) is 0 Å². The van der Waals surface area contributed by atoms with Gasteiger partial charge in [-0.1, -0.05) is 23.8 Å². The van der Waals surface area contributed by atoms with Gasteiger partial charge >= 0.3 is 0 Å². The van der Waals surface area contributed by atoms with Gasteiger partial charge in [0.25, 0.3) is 0 Å². The summed E-state index contributed by atoms with van der Waals surface area (Å²) in [5, 5.41) is 0. The molecular weight excluding hydrogens is 342 g/mol. The molecule has 5 heteroatoms. The van der Waals surface area contributed by atoms with Crippen molar-refractivity contribution < 1.29 is 18.7 Å². The maximum absolute atomic E-state index is 13.1. The molecule has 1 aromatic heterocycles. The van der Waals surface area contributed by atoms with Crippen LogP contribution >= 0.6 is 0 Å². The zero-order chi connectivity index (χ0) is 19.2. The Morgan fingerprint density at radius 1 is 1.04 bits per heavy atom. The number of methoxy groups -OCH3 is 2.